The number of piperidine rings is 1. The summed E-state index contributed by atoms with van der Waals surface area (Å²) >= 11 is 6.17. The number of amides is 1. The molecule has 3 N–H and O–H groups in total. The first-order valence-electron chi connectivity index (χ1n) is 7.90. The van der Waals surface area contributed by atoms with E-state index >= 15 is 0 Å². The summed E-state index contributed by atoms with van der Waals surface area (Å²) in [6, 6.07) is 7.47. The van der Waals surface area contributed by atoms with Crippen LogP contribution in [0.15, 0.2) is 30.6 Å². The Balaban J connectivity index is 1.59. The molecule has 1 aliphatic heterocycles. The molecule has 0 atom stereocenters. The van der Waals surface area contributed by atoms with Gasteiger partial charge in [-0.3, -0.25) is 4.79 Å². The lowest BCUT2D eigenvalue weighted by atomic mass is 10.0. The number of aromatic nitrogens is 2. The van der Waals surface area contributed by atoms with E-state index in [1.807, 2.05) is 6.07 Å². The number of hydrogen-bond donors (Lipinski definition) is 2. The van der Waals surface area contributed by atoms with Crippen molar-refractivity contribution in [2.24, 2.45) is 5.73 Å². The molecule has 7 nitrogen and oxygen atoms in total. The molecule has 0 saturated carbocycles. The predicted octanol–water partition coefficient (Wildman–Crippen LogP) is 2.18. The number of hydrogen-bond acceptors (Lipinski definition) is 6. The second-order valence-corrected chi connectivity index (χ2v) is 6.25. The van der Waals surface area contributed by atoms with Gasteiger partial charge in [-0.25, -0.2) is 9.97 Å². The van der Waals surface area contributed by atoms with Gasteiger partial charge in [0.2, 0.25) is 5.91 Å². The zero-order valence-electron chi connectivity index (χ0n) is 13.4. The first-order chi connectivity index (χ1) is 12.1. The fraction of sp³-hybridized carbons (Fsp3) is 0.294. The summed E-state index contributed by atoms with van der Waals surface area (Å²) in [5.41, 5.74) is 6.06. The maximum Gasteiger partial charge on any atom is 0.250 e. The van der Waals surface area contributed by atoms with Gasteiger partial charge in [0.1, 0.15) is 17.7 Å². The van der Waals surface area contributed by atoms with Gasteiger partial charge in [0.25, 0.3) is 0 Å². The van der Waals surface area contributed by atoms with Gasteiger partial charge in [-0.1, -0.05) is 11.6 Å². The van der Waals surface area contributed by atoms with Crippen molar-refractivity contribution in [1.29, 1.82) is 5.26 Å². The predicted molar refractivity (Wildman–Crippen MR) is 95.6 cm³/mol. The molecule has 1 saturated heterocycles. The number of nitrogens with two attached hydrogens (primary N) is 1. The fourth-order valence-corrected chi connectivity index (χ4v) is 2.99. The molecule has 1 aliphatic rings. The fourth-order valence-electron chi connectivity index (χ4n) is 2.76. The highest BCUT2D eigenvalue weighted by molar-refractivity contribution is 6.33. The zero-order valence-corrected chi connectivity index (χ0v) is 14.2. The number of halogens is 1. The molecule has 0 bridgehead atoms. The number of nitrogens with zero attached hydrogens (tertiary/aromatic N) is 4. The SMILES string of the molecule is N#Cc1ccc(N2CCC(Nc3ncc(C(N)=O)cc3Cl)CC2)nc1. The van der Waals surface area contributed by atoms with Crippen molar-refractivity contribution in [3.63, 3.8) is 0 Å². The molecule has 2 aromatic heterocycles. The maximum absolute atomic E-state index is 11.1. The summed E-state index contributed by atoms with van der Waals surface area (Å²) in [6.07, 6.45) is 4.81. The number of carbonyl (C=O) groups is 1. The van der Waals surface area contributed by atoms with Crippen LogP contribution in [0, 0.1) is 11.3 Å². The average Bonchev–Trinajstić information content (AvgIpc) is 2.64. The van der Waals surface area contributed by atoms with E-state index in [0.29, 0.717) is 16.4 Å². The molecule has 0 spiro atoms. The summed E-state index contributed by atoms with van der Waals surface area (Å²) in [7, 11) is 0. The van der Waals surface area contributed by atoms with E-state index in [4.69, 9.17) is 22.6 Å². The van der Waals surface area contributed by atoms with Crippen LogP contribution < -0.4 is 16.0 Å². The monoisotopic (exact) mass is 356 g/mol. The molecule has 8 heteroatoms. The van der Waals surface area contributed by atoms with Crippen LogP contribution in [-0.4, -0.2) is 35.0 Å². The van der Waals surface area contributed by atoms with Crippen molar-refractivity contribution in [3.05, 3.63) is 46.7 Å². The van der Waals surface area contributed by atoms with E-state index in [1.54, 1.807) is 12.3 Å². The smallest absolute Gasteiger partial charge is 0.250 e. The first-order valence-corrected chi connectivity index (χ1v) is 8.27. The van der Waals surface area contributed by atoms with Crippen LogP contribution in [0.4, 0.5) is 11.6 Å². The van der Waals surface area contributed by atoms with Crippen molar-refractivity contribution in [2.75, 3.05) is 23.3 Å². The van der Waals surface area contributed by atoms with Crippen LogP contribution in [-0.2, 0) is 0 Å². The van der Waals surface area contributed by atoms with Gasteiger partial charge in [-0.2, -0.15) is 5.26 Å². The molecule has 1 amide bonds. The summed E-state index contributed by atoms with van der Waals surface area (Å²) in [6.45, 7) is 1.68. The highest BCUT2D eigenvalue weighted by Crippen LogP contribution is 2.24. The molecule has 0 aromatic carbocycles. The van der Waals surface area contributed by atoms with Gasteiger partial charge in [0.05, 0.1) is 16.1 Å². The highest BCUT2D eigenvalue weighted by Gasteiger charge is 2.21. The van der Waals surface area contributed by atoms with Crippen molar-refractivity contribution < 1.29 is 4.79 Å². The van der Waals surface area contributed by atoms with Crippen LogP contribution in [0.1, 0.15) is 28.8 Å². The van der Waals surface area contributed by atoms with Gasteiger partial charge < -0.3 is 16.0 Å². The highest BCUT2D eigenvalue weighted by atomic mass is 35.5. The third kappa shape index (κ3) is 3.98. The Morgan fingerprint density at radius 3 is 2.64 bits per heavy atom. The summed E-state index contributed by atoms with van der Waals surface area (Å²) in [4.78, 5) is 21.8. The minimum atomic E-state index is -0.552. The Morgan fingerprint density at radius 1 is 1.32 bits per heavy atom. The van der Waals surface area contributed by atoms with Crippen LogP contribution in [0.3, 0.4) is 0 Å². The minimum absolute atomic E-state index is 0.235. The van der Waals surface area contributed by atoms with E-state index in [2.05, 4.69) is 26.3 Å². The van der Waals surface area contributed by atoms with Gasteiger partial charge in [0.15, 0.2) is 0 Å². The van der Waals surface area contributed by atoms with Gasteiger partial charge in [-0.05, 0) is 31.0 Å². The van der Waals surface area contributed by atoms with Crippen molar-refractivity contribution >= 4 is 29.1 Å². The standard InChI is InChI=1S/C17H17ClN6O/c18-14-7-12(16(20)25)10-22-17(14)23-13-3-5-24(6-4-13)15-2-1-11(8-19)9-21-15/h1-2,7,9-10,13H,3-6H2,(H2,20,25)(H,22,23). The Morgan fingerprint density at radius 2 is 2.08 bits per heavy atom. The lowest BCUT2D eigenvalue weighted by molar-refractivity contribution is 0.1000. The molecular weight excluding hydrogens is 340 g/mol. The Hall–Kier alpha value is -2.85. The maximum atomic E-state index is 11.1. The largest absolute Gasteiger partial charge is 0.366 e. The van der Waals surface area contributed by atoms with Crippen molar-refractivity contribution in [1.82, 2.24) is 9.97 Å². The van der Waals surface area contributed by atoms with E-state index < -0.39 is 5.91 Å². The number of anilines is 2. The lowest BCUT2D eigenvalue weighted by Crippen LogP contribution is -2.39. The number of rotatable bonds is 4. The quantitative estimate of drug-likeness (QED) is 0.869. The molecule has 0 radical (unpaired) electrons. The number of nitriles is 1. The topological polar surface area (TPSA) is 108 Å². The summed E-state index contributed by atoms with van der Waals surface area (Å²) in [5.74, 6) is 0.880. The van der Waals surface area contributed by atoms with Crippen LogP contribution in [0.5, 0.6) is 0 Å². The average molecular weight is 357 g/mol. The number of nitrogens with one attached hydrogen (secondary N) is 1. The normalized spacial score (nSPS) is 14.8. The number of primary amides is 1. The van der Waals surface area contributed by atoms with Crippen molar-refractivity contribution in [3.8, 4) is 6.07 Å². The Bertz CT molecular complexity index is 809. The van der Waals surface area contributed by atoms with Crippen LogP contribution >= 0.6 is 11.6 Å². The third-order valence-corrected chi connectivity index (χ3v) is 4.45. The summed E-state index contributed by atoms with van der Waals surface area (Å²) < 4.78 is 0. The van der Waals surface area contributed by atoms with Crippen molar-refractivity contribution in [2.45, 2.75) is 18.9 Å². The number of carbonyl (C=O) groups excluding carboxylic acids is 1. The number of pyridine rings is 2. The molecule has 0 aliphatic carbocycles. The van der Waals surface area contributed by atoms with Crippen LogP contribution in [0.25, 0.3) is 0 Å². The van der Waals surface area contributed by atoms with E-state index in [-0.39, 0.29) is 11.6 Å². The molecule has 128 valence electrons. The lowest BCUT2D eigenvalue weighted by Gasteiger charge is -2.33. The molecule has 2 aromatic rings. The molecule has 3 rings (SSSR count). The van der Waals surface area contributed by atoms with Gasteiger partial charge in [0, 0.05) is 31.5 Å². The third-order valence-electron chi connectivity index (χ3n) is 4.16. The van der Waals surface area contributed by atoms with E-state index in [9.17, 15) is 4.79 Å². The molecule has 25 heavy (non-hydrogen) atoms. The second kappa shape index (κ2) is 7.36. The first kappa shape index (κ1) is 17.0. The summed E-state index contributed by atoms with van der Waals surface area (Å²) in [5, 5.41) is 12.5. The van der Waals surface area contributed by atoms with E-state index in [0.717, 1.165) is 31.7 Å². The van der Waals surface area contributed by atoms with Gasteiger partial charge in [-0.15, -0.1) is 0 Å². The minimum Gasteiger partial charge on any atom is -0.366 e. The Kier molecular flexibility index (Phi) is 5.00. The zero-order chi connectivity index (χ0) is 17.8. The molecular formula is C17H17ClN6O. The Labute approximate surface area is 150 Å². The molecule has 3 heterocycles. The molecule has 1 fully saturated rings. The molecule has 0 unspecified atom stereocenters. The van der Waals surface area contributed by atoms with Gasteiger partial charge >= 0.3 is 0 Å². The second-order valence-electron chi connectivity index (χ2n) is 5.84. The van der Waals surface area contributed by atoms with Crippen LogP contribution in [0.2, 0.25) is 5.02 Å². The van der Waals surface area contributed by atoms with E-state index in [1.165, 1.54) is 12.3 Å².